The Balaban J connectivity index is 1.62. The topological polar surface area (TPSA) is 37.0 Å². The summed E-state index contributed by atoms with van der Waals surface area (Å²) >= 11 is 12.0. The standard InChI is InChI=1S/C20H22Cl2N2O/c21-9-1-11-25-15-5-2-13(3-6-15)19-20-16(8-10-23-19)17-12-14(22)4-7-18(17)24-20/h2-3,5-7,12,14,19,23-24H,1,4,8-11H2. The van der Waals surface area contributed by atoms with Crippen LogP contribution in [-0.2, 0) is 6.42 Å². The lowest BCUT2D eigenvalue weighted by Crippen LogP contribution is -2.34. The largest absolute Gasteiger partial charge is 0.494 e. The number of ether oxygens (including phenoxy) is 1. The SMILES string of the molecule is ClCCCOc1ccc(C2NCCc3c2[nH]c2c3=CC(Cl)CC=2)cc1. The summed E-state index contributed by atoms with van der Waals surface area (Å²) in [5.74, 6) is 1.52. The molecule has 2 unspecified atom stereocenters. The third-order valence-corrected chi connectivity index (χ3v) is 5.45. The highest BCUT2D eigenvalue weighted by molar-refractivity contribution is 6.24. The molecule has 0 amide bonds. The first-order valence-corrected chi connectivity index (χ1v) is 9.82. The molecule has 2 aromatic rings. The lowest BCUT2D eigenvalue weighted by atomic mass is 9.94. The van der Waals surface area contributed by atoms with Gasteiger partial charge in [0.25, 0.3) is 0 Å². The number of hydrogen-bond donors (Lipinski definition) is 2. The molecule has 132 valence electrons. The fourth-order valence-corrected chi connectivity index (χ4v) is 4.00. The maximum absolute atomic E-state index is 6.33. The van der Waals surface area contributed by atoms with E-state index >= 15 is 0 Å². The Morgan fingerprint density at radius 3 is 2.84 bits per heavy atom. The molecule has 0 bridgehead atoms. The monoisotopic (exact) mass is 376 g/mol. The minimum atomic E-state index is 0.102. The summed E-state index contributed by atoms with van der Waals surface area (Å²) in [6, 6.07) is 8.54. The lowest BCUT2D eigenvalue weighted by molar-refractivity contribution is 0.318. The number of benzene rings is 1. The predicted octanol–water partition coefficient (Wildman–Crippen LogP) is 2.83. The number of hydrogen-bond acceptors (Lipinski definition) is 2. The van der Waals surface area contributed by atoms with Crippen LogP contribution in [0.25, 0.3) is 12.2 Å². The molecule has 1 aliphatic heterocycles. The Hall–Kier alpha value is -1.42. The Morgan fingerprint density at radius 2 is 2.04 bits per heavy atom. The molecule has 25 heavy (non-hydrogen) atoms. The van der Waals surface area contributed by atoms with E-state index in [-0.39, 0.29) is 11.4 Å². The highest BCUT2D eigenvalue weighted by atomic mass is 35.5. The molecule has 1 aromatic heterocycles. The molecular weight excluding hydrogens is 355 g/mol. The average Bonchev–Trinajstić information content (AvgIpc) is 3.00. The quantitative estimate of drug-likeness (QED) is 0.621. The van der Waals surface area contributed by atoms with Gasteiger partial charge in [0, 0.05) is 28.7 Å². The zero-order valence-electron chi connectivity index (χ0n) is 14.0. The summed E-state index contributed by atoms with van der Waals surface area (Å²) < 4.78 is 5.70. The highest BCUT2D eigenvalue weighted by Crippen LogP contribution is 2.27. The number of aromatic nitrogens is 1. The van der Waals surface area contributed by atoms with Gasteiger partial charge in [-0.1, -0.05) is 24.3 Å². The van der Waals surface area contributed by atoms with Crippen molar-refractivity contribution in [1.29, 1.82) is 0 Å². The summed E-state index contributed by atoms with van der Waals surface area (Å²) in [6.45, 7) is 1.63. The fourth-order valence-electron chi connectivity index (χ4n) is 3.67. The second-order valence-corrected chi connectivity index (χ2v) is 7.50. The second-order valence-electron chi connectivity index (χ2n) is 6.56. The second kappa shape index (κ2) is 7.45. The van der Waals surface area contributed by atoms with E-state index in [0.717, 1.165) is 31.6 Å². The minimum absolute atomic E-state index is 0.102. The predicted molar refractivity (Wildman–Crippen MR) is 104 cm³/mol. The first-order chi connectivity index (χ1) is 12.3. The summed E-state index contributed by atoms with van der Waals surface area (Å²) in [4.78, 5) is 3.63. The maximum atomic E-state index is 6.33. The number of halogens is 2. The van der Waals surface area contributed by atoms with E-state index in [4.69, 9.17) is 27.9 Å². The van der Waals surface area contributed by atoms with Gasteiger partial charge in [-0.05, 0) is 42.5 Å². The Morgan fingerprint density at radius 1 is 1.20 bits per heavy atom. The van der Waals surface area contributed by atoms with E-state index in [1.54, 1.807) is 0 Å². The summed E-state index contributed by atoms with van der Waals surface area (Å²) in [6.07, 6.45) is 7.20. The van der Waals surface area contributed by atoms with Crippen molar-refractivity contribution in [2.75, 3.05) is 19.0 Å². The molecule has 2 atom stereocenters. The van der Waals surface area contributed by atoms with Gasteiger partial charge in [0.1, 0.15) is 5.75 Å². The molecule has 0 radical (unpaired) electrons. The molecule has 3 nitrogen and oxygen atoms in total. The van der Waals surface area contributed by atoms with Crippen LogP contribution in [0.1, 0.15) is 35.7 Å². The van der Waals surface area contributed by atoms with Crippen LogP contribution >= 0.6 is 23.2 Å². The first-order valence-electron chi connectivity index (χ1n) is 8.85. The van der Waals surface area contributed by atoms with Gasteiger partial charge >= 0.3 is 0 Å². The van der Waals surface area contributed by atoms with Crippen molar-refractivity contribution < 1.29 is 4.74 Å². The molecule has 2 aliphatic rings. The maximum Gasteiger partial charge on any atom is 0.119 e. The van der Waals surface area contributed by atoms with E-state index in [2.05, 4.69) is 34.6 Å². The van der Waals surface area contributed by atoms with Crippen LogP contribution < -0.4 is 20.6 Å². The number of aromatic amines is 1. The third kappa shape index (κ3) is 3.46. The van der Waals surface area contributed by atoms with Crippen LogP contribution in [0.5, 0.6) is 5.75 Å². The van der Waals surface area contributed by atoms with Gasteiger partial charge in [0.2, 0.25) is 0 Å². The van der Waals surface area contributed by atoms with Crippen LogP contribution in [-0.4, -0.2) is 29.4 Å². The fraction of sp³-hybridized carbons (Fsp3) is 0.400. The molecule has 4 rings (SSSR count). The van der Waals surface area contributed by atoms with Gasteiger partial charge in [0.15, 0.2) is 0 Å². The van der Waals surface area contributed by atoms with Gasteiger partial charge in [-0.25, -0.2) is 0 Å². The normalized spacial score (nSPS) is 21.7. The molecule has 0 saturated carbocycles. The smallest absolute Gasteiger partial charge is 0.119 e. The first kappa shape index (κ1) is 17.0. The van der Waals surface area contributed by atoms with Gasteiger partial charge in [0.05, 0.1) is 18.0 Å². The van der Waals surface area contributed by atoms with Gasteiger partial charge in [-0.3, -0.25) is 0 Å². The number of alkyl halides is 2. The van der Waals surface area contributed by atoms with E-state index < -0.39 is 0 Å². The van der Waals surface area contributed by atoms with Crippen molar-refractivity contribution in [3.63, 3.8) is 0 Å². The zero-order valence-corrected chi connectivity index (χ0v) is 15.5. The van der Waals surface area contributed by atoms with Crippen LogP contribution in [0, 0.1) is 0 Å². The minimum Gasteiger partial charge on any atom is -0.494 e. The summed E-state index contributed by atoms with van der Waals surface area (Å²) in [5.41, 5.74) is 3.92. The molecular formula is C20H22Cl2N2O. The average molecular weight is 377 g/mol. The number of rotatable bonds is 5. The molecule has 2 heterocycles. The Kier molecular flexibility index (Phi) is 5.07. The third-order valence-electron chi connectivity index (χ3n) is 4.88. The number of H-pyrrole nitrogens is 1. The molecule has 5 heteroatoms. The van der Waals surface area contributed by atoms with E-state index in [9.17, 15) is 0 Å². The van der Waals surface area contributed by atoms with Crippen molar-refractivity contribution in [1.82, 2.24) is 10.3 Å². The molecule has 0 fully saturated rings. The number of nitrogens with one attached hydrogen (secondary N) is 2. The van der Waals surface area contributed by atoms with Crippen molar-refractivity contribution in [3.8, 4) is 5.75 Å². The van der Waals surface area contributed by atoms with E-state index in [1.165, 1.54) is 27.4 Å². The van der Waals surface area contributed by atoms with Gasteiger partial charge in [-0.2, -0.15) is 0 Å². The zero-order chi connectivity index (χ0) is 17.2. The molecule has 2 N–H and O–H groups in total. The Bertz CT molecular complexity index is 857. The van der Waals surface area contributed by atoms with E-state index in [1.807, 2.05) is 12.1 Å². The van der Waals surface area contributed by atoms with Gasteiger partial charge < -0.3 is 15.0 Å². The number of fused-ring (bicyclic) bond motifs is 3. The van der Waals surface area contributed by atoms with Crippen LogP contribution in [0.2, 0.25) is 0 Å². The van der Waals surface area contributed by atoms with Crippen molar-refractivity contribution in [2.24, 2.45) is 0 Å². The van der Waals surface area contributed by atoms with Crippen LogP contribution in [0.4, 0.5) is 0 Å². The lowest BCUT2D eigenvalue weighted by Gasteiger charge is -2.25. The van der Waals surface area contributed by atoms with Crippen molar-refractivity contribution in [3.05, 3.63) is 51.7 Å². The summed E-state index contributed by atoms with van der Waals surface area (Å²) in [7, 11) is 0. The van der Waals surface area contributed by atoms with Gasteiger partial charge in [-0.15, -0.1) is 23.2 Å². The van der Waals surface area contributed by atoms with Crippen molar-refractivity contribution in [2.45, 2.75) is 30.7 Å². The Labute approximate surface area is 157 Å². The molecule has 0 spiro atoms. The van der Waals surface area contributed by atoms with E-state index in [0.29, 0.717) is 12.5 Å². The van der Waals surface area contributed by atoms with Crippen molar-refractivity contribution >= 4 is 35.4 Å². The molecule has 1 aliphatic carbocycles. The molecule has 1 aromatic carbocycles. The van der Waals surface area contributed by atoms with Crippen LogP contribution in [0.15, 0.2) is 24.3 Å². The highest BCUT2D eigenvalue weighted by Gasteiger charge is 2.25. The van der Waals surface area contributed by atoms with Crippen LogP contribution in [0.3, 0.4) is 0 Å². The molecule has 0 saturated heterocycles. The summed E-state index contributed by atoms with van der Waals surface area (Å²) in [5, 5.41) is 6.25.